The molecule has 0 rings (SSSR count). The van der Waals surface area contributed by atoms with Crippen LogP contribution in [0.2, 0.25) is 0 Å². The summed E-state index contributed by atoms with van der Waals surface area (Å²) in [6.45, 7) is 4.60. The number of nitrogens with one attached hydrogen (secondary N) is 1. The van der Waals surface area contributed by atoms with E-state index in [2.05, 4.69) is 31.3 Å². The third-order valence-corrected chi connectivity index (χ3v) is 10.9. The number of carbonyl (C=O) groups is 1. The number of amides is 1. The van der Waals surface area contributed by atoms with Crippen LogP contribution in [0.1, 0.15) is 200 Å². The lowest BCUT2D eigenvalue weighted by Crippen LogP contribution is -2.45. The van der Waals surface area contributed by atoms with Crippen molar-refractivity contribution < 1.29 is 32.9 Å². The number of likely N-dealkylation sites (N-methyl/N-ethyl adjacent to an activating group) is 1. The van der Waals surface area contributed by atoms with Gasteiger partial charge < -0.3 is 28.8 Å². The Hall–Kier alpha value is -1.02. The summed E-state index contributed by atoms with van der Waals surface area (Å²) in [5.74, 6) is -0.206. The molecule has 0 bridgehead atoms. The number of allylic oxidation sites excluding steroid dienone is 3. The van der Waals surface area contributed by atoms with Gasteiger partial charge in [-0.15, -0.1) is 0 Å². The molecule has 0 aromatic heterocycles. The zero-order valence-electron chi connectivity index (χ0n) is 35.5. The molecule has 0 saturated heterocycles. The number of phosphoric ester groups is 1. The van der Waals surface area contributed by atoms with Crippen molar-refractivity contribution in [2.24, 2.45) is 0 Å². The molecular formula is C44H87N2O6P. The first-order valence-corrected chi connectivity index (χ1v) is 23.7. The van der Waals surface area contributed by atoms with Gasteiger partial charge >= 0.3 is 0 Å². The van der Waals surface area contributed by atoms with Gasteiger partial charge in [-0.1, -0.05) is 186 Å². The molecule has 9 heteroatoms. The number of aliphatic hydroxyl groups is 1. The summed E-state index contributed by atoms with van der Waals surface area (Å²) >= 11 is 0. The number of rotatable bonds is 40. The van der Waals surface area contributed by atoms with Crippen LogP contribution in [0, 0.1) is 0 Å². The Balaban J connectivity index is 4.32. The van der Waals surface area contributed by atoms with Crippen molar-refractivity contribution in [2.45, 2.75) is 212 Å². The Morgan fingerprint density at radius 1 is 0.642 bits per heavy atom. The van der Waals surface area contributed by atoms with Gasteiger partial charge in [0.15, 0.2) is 0 Å². The van der Waals surface area contributed by atoms with Gasteiger partial charge in [-0.25, -0.2) is 0 Å². The van der Waals surface area contributed by atoms with E-state index in [9.17, 15) is 19.4 Å². The minimum absolute atomic E-state index is 0.00451. The van der Waals surface area contributed by atoms with Crippen molar-refractivity contribution in [3.63, 3.8) is 0 Å². The van der Waals surface area contributed by atoms with Crippen molar-refractivity contribution in [3.8, 4) is 0 Å². The SMILES string of the molecule is CCCCCCC/C=C/CC/C=C/[C@@H](O)[C@H](COP(=O)([O-])OCC[N+](C)(C)C)NC(=O)CCCCCCCCCCCCCCCCCCCCCC. The van der Waals surface area contributed by atoms with Crippen LogP contribution in [0.15, 0.2) is 24.3 Å². The van der Waals surface area contributed by atoms with Gasteiger partial charge in [-0.3, -0.25) is 9.36 Å². The zero-order valence-corrected chi connectivity index (χ0v) is 36.4. The highest BCUT2D eigenvalue weighted by Crippen LogP contribution is 2.38. The van der Waals surface area contributed by atoms with E-state index in [0.29, 0.717) is 17.4 Å². The van der Waals surface area contributed by atoms with Gasteiger partial charge in [0.05, 0.1) is 39.9 Å². The van der Waals surface area contributed by atoms with Gasteiger partial charge in [0.1, 0.15) is 13.2 Å². The molecule has 2 N–H and O–H groups in total. The first-order chi connectivity index (χ1) is 25.5. The number of unbranched alkanes of at least 4 members (excludes halogenated alkanes) is 25. The summed E-state index contributed by atoms with van der Waals surface area (Å²) in [6.07, 6.45) is 42.3. The maximum absolute atomic E-state index is 12.8. The molecule has 3 atom stereocenters. The molecular weight excluding hydrogens is 683 g/mol. The van der Waals surface area contributed by atoms with E-state index in [0.717, 1.165) is 38.5 Å². The van der Waals surface area contributed by atoms with Crippen molar-refractivity contribution in [1.29, 1.82) is 0 Å². The molecule has 0 saturated carbocycles. The first kappa shape index (κ1) is 52.0. The van der Waals surface area contributed by atoms with Crippen molar-refractivity contribution in [3.05, 3.63) is 24.3 Å². The van der Waals surface area contributed by atoms with E-state index in [1.807, 2.05) is 27.2 Å². The lowest BCUT2D eigenvalue weighted by Gasteiger charge is -2.29. The maximum atomic E-state index is 12.8. The fraction of sp³-hybridized carbons (Fsp3) is 0.886. The van der Waals surface area contributed by atoms with Crippen LogP contribution in [-0.2, 0) is 18.4 Å². The van der Waals surface area contributed by atoms with Crippen LogP contribution in [0.5, 0.6) is 0 Å². The largest absolute Gasteiger partial charge is 0.756 e. The topological polar surface area (TPSA) is 108 Å². The molecule has 0 heterocycles. The van der Waals surface area contributed by atoms with Crippen LogP contribution in [0.25, 0.3) is 0 Å². The van der Waals surface area contributed by atoms with Gasteiger partial charge in [0.25, 0.3) is 7.82 Å². The van der Waals surface area contributed by atoms with Crippen LogP contribution in [-0.4, -0.2) is 68.5 Å². The highest BCUT2D eigenvalue weighted by atomic mass is 31.2. The molecule has 1 amide bonds. The van der Waals surface area contributed by atoms with Gasteiger partial charge in [0, 0.05) is 6.42 Å². The van der Waals surface area contributed by atoms with Gasteiger partial charge in [0.2, 0.25) is 5.91 Å². The molecule has 314 valence electrons. The molecule has 53 heavy (non-hydrogen) atoms. The van der Waals surface area contributed by atoms with Crippen molar-refractivity contribution in [1.82, 2.24) is 5.32 Å². The molecule has 8 nitrogen and oxygen atoms in total. The average Bonchev–Trinajstić information content (AvgIpc) is 3.10. The fourth-order valence-corrected chi connectivity index (χ4v) is 7.07. The minimum Gasteiger partial charge on any atom is -0.756 e. The smallest absolute Gasteiger partial charge is 0.268 e. The normalized spacial score (nSPS) is 14.6. The molecule has 0 radical (unpaired) electrons. The van der Waals surface area contributed by atoms with E-state index in [4.69, 9.17) is 9.05 Å². The number of aliphatic hydroxyl groups excluding tert-OH is 1. The first-order valence-electron chi connectivity index (χ1n) is 22.2. The number of carbonyl (C=O) groups excluding carboxylic acids is 1. The highest BCUT2D eigenvalue weighted by Gasteiger charge is 2.23. The molecule has 0 aromatic rings. The lowest BCUT2D eigenvalue weighted by molar-refractivity contribution is -0.870. The second kappa shape index (κ2) is 36.6. The summed E-state index contributed by atoms with van der Waals surface area (Å²) in [7, 11) is 1.25. The Bertz CT molecular complexity index is 922. The predicted octanol–water partition coefficient (Wildman–Crippen LogP) is 11.5. The Kier molecular flexibility index (Phi) is 35.9. The van der Waals surface area contributed by atoms with Gasteiger partial charge in [-0.05, 0) is 32.1 Å². The van der Waals surface area contributed by atoms with E-state index in [-0.39, 0.29) is 19.1 Å². The molecule has 0 aliphatic rings. The average molecular weight is 771 g/mol. The number of quaternary nitrogens is 1. The third-order valence-electron chi connectivity index (χ3n) is 9.91. The predicted molar refractivity (Wildman–Crippen MR) is 224 cm³/mol. The van der Waals surface area contributed by atoms with Crippen LogP contribution < -0.4 is 10.2 Å². The lowest BCUT2D eigenvalue weighted by atomic mass is 10.0. The number of phosphoric acid groups is 1. The van der Waals surface area contributed by atoms with E-state index in [1.165, 1.54) is 141 Å². The monoisotopic (exact) mass is 771 g/mol. The van der Waals surface area contributed by atoms with Crippen LogP contribution in [0.3, 0.4) is 0 Å². The van der Waals surface area contributed by atoms with Crippen LogP contribution >= 0.6 is 7.82 Å². The summed E-state index contributed by atoms with van der Waals surface area (Å²) in [6, 6.07) is -0.896. The summed E-state index contributed by atoms with van der Waals surface area (Å²) in [5.41, 5.74) is 0. The minimum atomic E-state index is -4.59. The Labute approximate surface area is 328 Å². The Morgan fingerprint density at radius 2 is 1.06 bits per heavy atom. The van der Waals surface area contributed by atoms with E-state index >= 15 is 0 Å². The van der Waals surface area contributed by atoms with Crippen LogP contribution in [0.4, 0.5) is 0 Å². The van der Waals surface area contributed by atoms with Crippen molar-refractivity contribution >= 4 is 13.7 Å². The molecule has 0 aliphatic heterocycles. The zero-order chi connectivity index (χ0) is 39.3. The highest BCUT2D eigenvalue weighted by molar-refractivity contribution is 7.45. The number of hydrogen-bond acceptors (Lipinski definition) is 6. The number of hydrogen-bond donors (Lipinski definition) is 2. The van der Waals surface area contributed by atoms with Crippen molar-refractivity contribution in [2.75, 3.05) is 40.9 Å². The quantitative estimate of drug-likeness (QED) is 0.0278. The molecule has 0 aliphatic carbocycles. The third kappa shape index (κ3) is 39.0. The molecule has 1 unspecified atom stereocenters. The summed E-state index contributed by atoms with van der Waals surface area (Å²) < 4.78 is 23.1. The standard InChI is InChI=1S/C44H87N2O6P/c1-6-8-10-12-14-16-18-19-20-21-22-23-24-25-26-28-30-32-34-36-38-44(48)45-42(41-52-53(49,50)51-40-39-46(3,4)5)43(47)37-35-33-31-29-27-17-15-13-11-9-7-2/h27,29,35,37,42-43,47H,6-26,28,30-34,36,38-41H2,1-5H3,(H-,45,48,49,50)/b29-27+,37-35+/t42-,43+/m0/s1. The van der Waals surface area contributed by atoms with E-state index < -0.39 is 20.0 Å². The maximum Gasteiger partial charge on any atom is 0.268 e. The molecule has 0 aromatic carbocycles. The summed E-state index contributed by atoms with van der Waals surface area (Å²) in [5, 5.41) is 13.7. The second-order valence-electron chi connectivity index (χ2n) is 16.4. The number of nitrogens with zero attached hydrogens (tertiary/aromatic N) is 1. The molecule has 0 fully saturated rings. The summed E-state index contributed by atoms with van der Waals surface area (Å²) in [4.78, 5) is 25.2. The van der Waals surface area contributed by atoms with Gasteiger partial charge in [-0.2, -0.15) is 0 Å². The molecule has 0 spiro atoms. The van der Waals surface area contributed by atoms with E-state index in [1.54, 1.807) is 6.08 Å². The fourth-order valence-electron chi connectivity index (χ4n) is 6.34. The second-order valence-corrected chi connectivity index (χ2v) is 17.8. The Morgan fingerprint density at radius 3 is 1.53 bits per heavy atom.